The standard InChI is InChI=1S/C17H21N3O4/c1-11(2)20-9-15(12(3)18-20)17(23)19(4)13-5-7-14(8-6-13)24-10-16(21)22/h5-9,11H,10H2,1-4H3,(H,21,22). The summed E-state index contributed by atoms with van der Waals surface area (Å²) in [4.78, 5) is 24.7. The fourth-order valence-corrected chi connectivity index (χ4v) is 2.17. The predicted octanol–water partition coefficient (Wildman–Crippen LogP) is 2.51. The van der Waals surface area contributed by atoms with Gasteiger partial charge in [0, 0.05) is 25.0 Å². The highest BCUT2D eigenvalue weighted by atomic mass is 16.5. The van der Waals surface area contributed by atoms with Crippen LogP contribution in [0.1, 0.15) is 35.9 Å². The molecule has 0 unspecified atom stereocenters. The van der Waals surface area contributed by atoms with Crippen molar-refractivity contribution < 1.29 is 19.4 Å². The molecule has 0 aliphatic carbocycles. The van der Waals surface area contributed by atoms with E-state index in [0.717, 1.165) is 0 Å². The molecule has 1 N–H and O–H groups in total. The maximum Gasteiger partial charge on any atom is 0.341 e. The number of carboxylic acids is 1. The number of carbonyl (C=O) groups is 2. The van der Waals surface area contributed by atoms with Crippen LogP contribution in [0.4, 0.5) is 5.69 Å². The molecule has 7 nitrogen and oxygen atoms in total. The van der Waals surface area contributed by atoms with Crippen LogP contribution in [-0.4, -0.2) is 40.4 Å². The van der Waals surface area contributed by atoms with Gasteiger partial charge in [0.15, 0.2) is 6.61 Å². The number of rotatable bonds is 6. The first kappa shape index (κ1) is 17.5. The van der Waals surface area contributed by atoms with Gasteiger partial charge in [-0.15, -0.1) is 0 Å². The van der Waals surface area contributed by atoms with Crippen molar-refractivity contribution in [1.29, 1.82) is 0 Å². The van der Waals surface area contributed by atoms with Gasteiger partial charge in [0.25, 0.3) is 5.91 Å². The summed E-state index contributed by atoms with van der Waals surface area (Å²) in [7, 11) is 1.68. The average molecular weight is 331 g/mol. The number of nitrogens with zero attached hydrogens (tertiary/aromatic N) is 3. The van der Waals surface area contributed by atoms with Crippen molar-refractivity contribution in [3.8, 4) is 5.75 Å². The first-order chi connectivity index (χ1) is 11.3. The molecule has 1 heterocycles. The van der Waals surface area contributed by atoms with Gasteiger partial charge in [-0.25, -0.2) is 4.79 Å². The minimum Gasteiger partial charge on any atom is -0.482 e. The Morgan fingerprint density at radius 1 is 1.29 bits per heavy atom. The minimum absolute atomic E-state index is 0.154. The molecular weight excluding hydrogens is 310 g/mol. The summed E-state index contributed by atoms with van der Waals surface area (Å²) in [5.74, 6) is -0.756. The third kappa shape index (κ3) is 3.92. The highest BCUT2D eigenvalue weighted by molar-refractivity contribution is 6.06. The zero-order chi connectivity index (χ0) is 17.9. The molecule has 2 aromatic rings. The Morgan fingerprint density at radius 3 is 2.42 bits per heavy atom. The van der Waals surface area contributed by atoms with Crippen molar-refractivity contribution in [3.63, 3.8) is 0 Å². The van der Waals surface area contributed by atoms with Crippen LogP contribution >= 0.6 is 0 Å². The van der Waals surface area contributed by atoms with E-state index in [1.165, 1.54) is 4.90 Å². The summed E-state index contributed by atoms with van der Waals surface area (Å²) in [6, 6.07) is 6.86. The summed E-state index contributed by atoms with van der Waals surface area (Å²) < 4.78 is 6.84. The molecule has 0 atom stereocenters. The van der Waals surface area contributed by atoms with Crippen molar-refractivity contribution in [2.75, 3.05) is 18.6 Å². The predicted molar refractivity (Wildman–Crippen MR) is 89.7 cm³/mol. The number of carboxylic acid groups (broad SMARTS) is 1. The first-order valence-corrected chi connectivity index (χ1v) is 7.58. The SMILES string of the molecule is Cc1nn(C(C)C)cc1C(=O)N(C)c1ccc(OCC(=O)O)cc1. The number of ether oxygens (including phenoxy) is 1. The van der Waals surface area contributed by atoms with Crippen molar-refractivity contribution >= 4 is 17.6 Å². The molecule has 2 rings (SSSR count). The molecule has 1 aromatic heterocycles. The van der Waals surface area contributed by atoms with Crippen LogP contribution in [0.15, 0.2) is 30.5 Å². The second kappa shape index (κ2) is 7.16. The second-order valence-corrected chi connectivity index (χ2v) is 5.74. The molecule has 0 bridgehead atoms. The number of hydrogen-bond donors (Lipinski definition) is 1. The van der Waals surface area contributed by atoms with Crippen molar-refractivity contribution in [2.45, 2.75) is 26.8 Å². The van der Waals surface area contributed by atoms with E-state index in [0.29, 0.717) is 22.7 Å². The van der Waals surface area contributed by atoms with E-state index in [1.807, 2.05) is 20.8 Å². The topological polar surface area (TPSA) is 84.7 Å². The number of aromatic nitrogens is 2. The van der Waals surface area contributed by atoms with Crippen LogP contribution in [0, 0.1) is 6.92 Å². The molecule has 128 valence electrons. The highest BCUT2D eigenvalue weighted by Crippen LogP contribution is 2.21. The molecule has 1 aromatic carbocycles. The number of carbonyl (C=O) groups excluding carboxylic acids is 1. The molecule has 0 saturated carbocycles. The quantitative estimate of drug-likeness (QED) is 0.879. The van der Waals surface area contributed by atoms with Crippen LogP contribution < -0.4 is 9.64 Å². The van der Waals surface area contributed by atoms with Gasteiger partial charge < -0.3 is 14.7 Å². The lowest BCUT2D eigenvalue weighted by atomic mass is 10.2. The lowest BCUT2D eigenvalue weighted by molar-refractivity contribution is -0.139. The van der Waals surface area contributed by atoms with Crippen molar-refractivity contribution in [2.24, 2.45) is 0 Å². The van der Waals surface area contributed by atoms with Gasteiger partial charge in [0.2, 0.25) is 0 Å². The molecule has 7 heteroatoms. The fourth-order valence-electron chi connectivity index (χ4n) is 2.17. The average Bonchev–Trinajstić information content (AvgIpc) is 2.94. The van der Waals surface area contributed by atoms with Gasteiger partial charge in [0.1, 0.15) is 5.75 Å². The van der Waals surface area contributed by atoms with Gasteiger partial charge in [-0.05, 0) is 45.0 Å². The Bertz CT molecular complexity index is 735. The molecule has 0 aliphatic heterocycles. The molecule has 1 amide bonds. The third-order valence-electron chi connectivity index (χ3n) is 3.57. The number of aliphatic carboxylic acids is 1. The molecular formula is C17H21N3O4. The van der Waals surface area contributed by atoms with E-state index in [9.17, 15) is 9.59 Å². The van der Waals surface area contributed by atoms with Crippen LogP contribution in [0.2, 0.25) is 0 Å². The molecule has 24 heavy (non-hydrogen) atoms. The number of amides is 1. The Morgan fingerprint density at radius 2 is 1.92 bits per heavy atom. The molecule has 0 aliphatic rings. The molecule has 0 saturated heterocycles. The van der Waals surface area contributed by atoms with Gasteiger partial charge >= 0.3 is 5.97 Å². The van der Waals surface area contributed by atoms with E-state index in [-0.39, 0.29) is 11.9 Å². The van der Waals surface area contributed by atoms with Crippen LogP contribution in [-0.2, 0) is 4.79 Å². The summed E-state index contributed by atoms with van der Waals surface area (Å²) in [5, 5.41) is 13.0. The normalized spacial score (nSPS) is 10.7. The van der Waals surface area contributed by atoms with E-state index in [1.54, 1.807) is 42.2 Å². The summed E-state index contributed by atoms with van der Waals surface area (Å²) in [5.41, 5.74) is 1.92. The van der Waals surface area contributed by atoms with Gasteiger partial charge in [-0.2, -0.15) is 5.10 Å². The van der Waals surface area contributed by atoms with Crippen LogP contribution in [0.3, 0.4) is 0 Å². The highest BCUT2D eigenvalue weighted by Gasteiger charge is 2.19. The number of hydrogen-bond acceptors (Lipinski definition) is 4. The Balaban J connectivity index is 2.14. The Kier molecular flexibility index (Phi) is 5.23. The third-order valence-corrected chi connectivity index (χ3v) is 3.57. The lowest BCUT2D eigenvalue weighted by Gasteiger charge is -2.17. The first-order valence-electron chi connectivity index (χ1n) is 7.58. The lowest BCUT2D eigenvalue weighted by Crippen LogP contribution is -2.26. The smallest absolute Gasteiger partial charge is 0.341 e. The number of aryl methyl sites for hydroxylation is 1. The summed E-state index contributed by atoms with van der Waals surface area (Å²) in [6.45, 7) is 5.41. The van der Waals surface area contributed by atoms with Gasteiger partial charge in [0.05, 0.1) is 11.3 Å². The Hall–Kier alpha value is -2.83. The van der Waals surface area contributed by atoms with E-state index in [4.69, 9.17) is 9.84 Å². The summed E-state index contributed by atoms with van der Waals surface area (Å²) in [6.07, 6.45) is 1.75. The second-order valence-electron chi connectivity index (χ2n) is 5.74. The minimum atomic E-state index is -1.04. The fraction of sp³-hybridized carbons (Fsp3) is 0.353. The van der Waals surface area contributed by atoms with E-state index >= 15 is 0 Å². The Labute approximate surface area is 140 Å². The zero-order valence-electron chi connectivity index (χ0n) is 14.2. The van der Waals surface area contributed by atoms with E-state index < -0.39 is 12.6 Å². The molecule has 0 fully saturated rings. The van der Waals surface area contributed by atoms with Crippen molar-refractivity contribution in [1.82, 2.24) is 9.78 Å². The zero-order valence-corrected chi connectivity index (χ0v) is 14.2. The summed E-state index contributed by atoms with van der Waals surface area (Å²) >= 11 is 0. The van der Waals surface area contributed by atoms with Crippen LogP contribution in [0.5, 0.6) is 5.75 Å². The monoisotopic (exact) mass is 331 g/mol. The largest absolute Gasteiger partial charge is 0.482 e. The maximum absolute atomic E-state index is 12.7. The van der Waals surface area contributed by atoms with Crippen molar-refractivity contribution in [3.05, 3.63) is 41.7 Å². The maximum atomic E-state index is 12.7. The molecule has 0 radical (unpaired) electrons. The number of benzene rings is 1. The molecule has 0 spiro atoms. The van der Waals surface area contributed by atoms with Gasteiger partial charge in [-0.1, -0.05) is 0 Å². The van der Waals surface area contributed by atoms with E-state index in [2.05, 4.69) is 5.10 Å². The van der Waals surface area contributed by atoms with Gasteiger partial charge in [-0.3, -0.25) is 9.48 Å². The number of anilines is 1. The van der Waals surface area contributed by atoms with Crippen LogP contribution in [0.25, 0.3) is 0 Å².